The summed E-state index contributed by atoms with van der Waals surface area (Å²) in [5, 5.41) is 4.25. The van der Waals surface area contributed by atoms with Gasteiger partial charge in [0.15, 0.2) is 0 Å². The Balaban J connectivity index is 1.57. The number of carbonyl (C=O) groups is 1. The summed E-state index contributed by atoms with van der Waals surface area (Å²) >= 11 is 1.49. The molecule has 0 fully saturated rings. The highest BCUT2D eigenvalue weighted by atomic mass is 32.1. The first-order valence-electron chi connectivity index (χ1n) is 10.8. The molecule has 5 heteroatoms. The summed E-state index contributed by atoms with van der Waals surface area (Å²) < 4.78 is 0. The molecule has 0 aliphatic heterocycles. The van der Waals surface area contributed by atoms with Gasteiger partial charge in [0.1, 0.15) is 4.83 Å². The van der Waals surface area contributed by atoms with Crippen molar-refractivity contribution in [2.45, 2.75) is 52.5 Å². The van der Waals surface area contributed by atoms with Gasteiger partial charge < -0.3 is 11.1 Å². The molecule has 1 aliphatic carbocycles. The van der Waals surface area contributed by atoms with Crippen LogP contribution in [0.4, 0.5) is 0 Å². The normalized spacial score (nSPS) is 17.5. The number of rotatable bonds is 5. The molecule has 0 bridgehead atoms. The van der Waals surface area contributed by atoms with E-state index in [2.05, 4.69) is 32.2 Å². The summed E-state index contributed by atoms with van der Waals surface area (Å²) in [6.45, 7) is 7.50. The van der Waals surface area contributed by atoms with Gasteiger partial charge in [-0.15, -0.1) is 11.3 Å². The Kier molecular flexibility index (Phi) is 5.94. The summed E-state index contributed by atoms with van der Waals surface area (Å²) in [7, 11) is 0. The molecule has 4 rings (SSSR count). The van der Waals surface area contributed by atoms with Gasteiger partial charge in [-0.3, -0.25) is 4.79 Å². The summed E-state index contributed by atoms with van der Waals surface area (Å²) in [5.74, 6) is 0.624. The molecule has 1 aromatic carbocycles. The van der Waals surface area contributed by atoms with E-state index in [4.69, 9.17) is 10.7 Å². The topological polar surface area (TPSA) is 68.0 Å². The monoisotopic (exact) mass is 421 g/mol. The largest absolute Gasteiger partial charge is 0.344 e. The van der Waals surface area contributed by atoms with Gasteiger partial charge in [0, 0.05) is 11.1 Å². The van der Waals surface area contributed by atoms with Crippen LogP contribution in [0.1, 0.15) is 66.1 Å². The third-order valence-corrected chi connectivity index (χ3v) is 7.33. The van der Waals surface area contributed by atoms with Crippen LogP contribution >= 0.6 is 11.3 Å². The lowest BCUT2D eigenvalue weighted by Crippen LogP contribution is -2.29. The highest BCUT2D eigenvalue weighted by Gasteiger charge is 2.29. The number of nitrogens with two attached hydrogens (primary N) is 1. The first-order chi connectivity index (χ1) is 14.3. The van der Waals surface area contributed by atoms with Crippen LogP contribution < -0.4 is 11.1 Å². The van der Waals surface area contributed by atoms with Gasteiger partial charge in [-0.25, -0.2) is 4.98 Å². The molecule has 30 heavy (non-hydrogen) atoms. The van der Waals surface area contributed by atoms with E-state index >= 15 is 0 Å². The minimum atomic E-state index is -0.0809. The van der Waals surface area contributed by atoms with Gasteiger partial charge in [0.05, 0.1) is 10.9 Å². The molecule has 0 saturated heterocycles. The van der Waals surface area contributed by atoms with Gasteiger partial charge >= 0.3 is 0 Å². The standard InChI is InChI=1S/C25H31N3OS/c1-25(2,3)19-9-10-20-17(14-19)13-18-15-22(30-24(18)28-20)23(29)27-21(11-12-26)16-7-5-4-6-8-16/h4-8,13,15,19,21H,9-12,14,26H2,1-3H3,(H,27,29)/t19-,21?/m0/s1. The number of nitrogens with one attached hydrogen (secondary N) is 1. The van der Waals surface area contributed by atoms with E-state index in [0.29, 0.717) is 29.2 Å². The maximum atomic E-state index is 13.0. The highest BCUT2D eigenvalue weighted by molar-refractivity contribution is 7.20. The molecule has 158 valence electrons. The second-order valence-corrected chi connectivity index (χ2v) is 10.4. The molecule has 1 amide bonds. The number of hydrogen-bond donors (Lipinski definition) is 2. The summed E-state index contributed by atoms with van der Waals surface area (Å²) in [6.07, 6.45) is 4.00. The van der Waals surface area contributed by atoms with E-state index in [9.17, 15) is 4.79 Å². The number of aryl methyl sites for hydroxylation is 1. The average Bonchev–Trinajstić information content (AvgIpc) is 3.14. The minimum absolute atomic E-state index is 0.0501. The predicted octanol–water partition coefficient (Wildman–Crippen LogP) is 5.27. The fraction of sp³-hybridized carbons (Fsp3) is 0.440. The number of benzene rings is 1. The summed E-state index contributed by atoms with van der Waals surface area (Å²) in [4.78, 5) is 19.6. The average molecular weight is 422 g/mol. The number of amides is 1. The molecular formula is C25H31N3OS. The van der Waals surface area contributed by atoms with Crippen molar-refractivity contribution in [2.75, 3.05) is 6.54 Å². The Labute approximate surface area is 182 Å². The van der Waals surface area contributed by atoms with Crippen LogP contribution in [0.2, 0.25) is 0 Å². The molecular weight excluding hydrogens is 390 g/mol. The molecule has 2 atom stereocenters. The van der Waals surface area contributed by atoms with Crippen molar-refractivity contribution in [1.29, 1.82) is 0 Å². The van der Waals surface area contributed by atoms with E-state index in [1.165, 1.54) is 29.0 Å². The van der Waals surface area contributed by atoms with Crippen LogP contribution in [0, 0.1) is 11.3 Å². The van der Waals surface area contributed by atoms with Gasteiger partial charge in [-0.2, -0.15) is 0 Å². The van der Waals surface area contributed by atoms with Gasteiger partial charge in [0.2, 0.25) is 0 Å². The lowest BCUT2D eigenvalue weighted by Gasteiger charge is -2.34. The predicted molar refractivity (Wildman–Crippen MR) is 125 cm³/mol. The smallest absolute Gasteiger partial charge is 0.261 e. The fourth-order valence-corrected chi connectivity index (χ4v) is 5.32. The van der Waals surface area contributed by atoms with Crippen molar-refractivity contribution in [2.24, 2.45) is 17.1 Å². The quantitative estimate of drug-likeness (QED) is 0.590. The number of nitrogens with zero attached hydrogens (tertiary/aromatic N) is 1. The molecule has 4 nitrogen and oxygen atoms in total. The Morgan fingerprint density at radius 3 is 2.73 bits per heavy atom. The number of hydrogen-bond acceptors (Lipinski definition) is 4. The third-order valence-electron chi connectivity index (χ3n) is 6.28. The second-order valence-electron chi connectivity index (χ2n) is 9.42. The Morgan fingerprint density at radius 2 is 2.03 bits per heavy atom. The Morgan fingerprint density at radius 1 is 1.27 bits per heavy atom. The zero-order chi connectivity index (χ0) is 21.3. The van der Waals surface area contributed by atoms with Crippen molar-refractivity contribution in [1.82, 2.24) is 10.3 Å². The van der Waals surface area contributed by atoms with Gasteiger partial charge in [-0.1, -0.05) is 51.1 Å². The molecule has 3 N–H and O–H groups in total. The van der Waals surface area contributed by atoms with Crippen LogP contribution in [0.3, 0.4) is 0 Å². The van der Waals surface area contributed by atoms with Crippen molar-refractivity contribution in [3.05, 3.63) is 64.2 Å². The summed E-state index contributed by atoms with van der Waals surface area (Å²) in [5.41, 5.74) is 9.75. The Bertz CT molecular complexity index is 1040. The van der Waals surface area contributed by atoms with Crippen molar-refractivity contribution in [3.8, 4) is 0 Å². The van der Waals surface area contributed by atoms with Gasteiger partial charge in [-0.05, 0) is 66.8 Å². The number of aromatic nitrogens is 1. The maximum Gasteiger partial charge on any atom is 0.261 e. The first-order valence-corrected chi connectivity index (χ1v) is 11.6. The molecule has 3 aromatic rings. The van der Waals surface area contributed by atoms with E-state index < -0.39 is 0 Å². The van der Waals surface area contributed by atoms with Crippen LogP contribution in [0.15, 0.2) is 42.5 Å². The van der Waals surface area contributed by atoms with E-state index in [1.54, 1.807) is 0 Å². The number of pyridine rings is 1. The van der Waals surface area contributed by atoms with Crippen molar-refractivity contribution in [3.63, 3.8) is 0 Å². The first kappa shape index (κ1) is 21.0. The lowest BCUT2D eigenvalue weighted by atomic mass is 9.71. The van der Waals surface area contributed by atoms with Crippen molar-refractivity contribution < 1.29 is 4.79 Å². The number of thiophene rings is 1. The zero-order valence-corrected chi connectivity index (χ0v) is 18.9. The molecule has 2 aromatic heterocycles. The molecule has 0 radical (unpaired) electrons. The fourth-order valence-electron chi connectivity index (χ4n) is 4.38. The summed E-state index contributed by atoms with van der Waals surface area (Å²) in [6, 6.07) is 14.2. The van der Waals surface area contributed by atoms with Crippen molar-refractivity contribution >= 4 is 27.5 Å². The maximum absolute atomic E-state index is 13.0. The number of fused-ring (bicyclic) bond motifs is 2. The van der Waals surface area contributed by atoms with E-state index in [-0.39, 0.29) is 11.9 Å². The second kappa shape index (κ2) is 8.48. The zero-order valence-electron chi connectivity index (χ0n) is 18.1. The molecule has 1 unspecified atom stereocenters. The minimum Gasteiger partial charge on any atom is -0.344 e. The number of carbonyl (C=O) groups excluding carboxylic acids is 1. The van der Waals surface area contributed by atoms with Gasteiger partial charge in [0.25, 0.3) is 5.91 Å². The van der Waals surface area contributed by atoms with E-state index in [0.717, 1.165) is 28.6 Å². The molecule has 2 heterocycles. The van der Waals surface area contributed by atoms with Crippen LogP contribution in [-0.2, 0) is 12.8 Å². The third kappa shape index (κ3) is 4.42. The Hall–Kier alpha value is -2.24. The molecule has 1 aliphatic rings. The molecule has 0 saturated carbocycles. The highest BCUT2D eigenvalue weighted by Crippen LogP contribution is 2.38. The van der Waals surface area contributed by atoms with Crippen LogP contribution in [-0.4, -0.2) is 17.4 Å². The van der Waals surface area contributed by atoms with Crippen LogP contribution in [0.25, 0.3) is 10.2 Å². The SMILES string of the molecule is CC(C)(C)[C@H]1CCc2nc3sc(C(=O)NC(CCN)c4ccccc4)cc3cc2C1. The van der Waals surface area contributed by atoms with E-state index in [1.807, 2.05) is 36.4 Å². The molecule has 0 spiro atoms. The lowest BCUT2D eigenvalue weighted by molar-refractivity contribution is 0.0939. The van der Waals surface area contributed by atoms with Crippen LogP contribution in [0.5, 0.6) is 0 Å².